The van der Waals surface area contributed by atoms with E-state index in [9.17, 15) is 0 Å². The van der Waals surface area contributed by atoms with Crippen molar-refractivity contribution >= 4 is 0 Å². The maximum atomic E-state index is 4.35. The van der Waals surface area contributed by atoms with Crippen LogP contribution in [0, 0.1) is 6.92 Å². The maximum absolute atomic E-state index is 4.35. The summed E-state index contributed by atoms with van der Waals surface area (Å²) in [6, 6.07) is 6.00. The van der Waals surface area contributed by atoms with Gasteiger partial charge in [-0.25, -0.2) is 0 Å². The highest BCUT2D eigenvalue weighted by Crippen LogP contribution is 2.06. The summed E-state index contributed by atoms with van der Waals surface area (Å²) in [5.74, 6) is 1.93. The zero-order chi connectivity index (χ0) is 13.0. The molecule has 96 valence electrons. The summed E-state index contributed by atoms with van der Waals surface area (Å²) in [5.41, 5.74) is 1.08. The monoisotopic (exact) mass is 245 g/mol. The second kappa shape index (κ2) is 5.73. The molecular weight excluding hydrogens is 226 g/mol. The van der Waals surface area contributed by atoms with Gasteiger partial charge in [-0.3, -0.25) is 9.88 Å². The molecule has 0 bridgehead atoms. The van der Waals surface area contributed by atoms with E-state index >= 15 is 0 Å². The number of pyridine rings is 1. The number of aryl methyl sites for hydroxylation is 1. The van der Waals surface area contributed by atoms with Gasteiger partial charge in [0.15, 0.2) is 0 Å². The van der Waals surface area contributed by atoms with Crippen molar-refractivity contribution < 1.29 is 0 Å². The average molecular weight is 245 g/mol. The van der Waals surface area contributed by atoms with Crippen molar-refractivity contribution in [2.45, 2.75) is 26.9 Å². The first-order chi connectivity index (χ1) is 8.70. The Morgan fingerprint density at radius 3 is 2.61 bits per heavy atom. The molecular formula is C13H19N5. The molecule has 0 aliphatic rings. The van der Waals surface area contributed by atoms with Gasteiger partial charge < -0.3 is 4.57 Å². The van der Waals surface area contributed by atoms with Gasteiger partial charge in [-0.2, -0.15) is 0 Å². The van der Waals surface area contributed by atoms with Gasteiger partial charge in [0.05, 0.1) is 12.2 Å². The summed E-state index contributed by atoms with van der Waals surface area (Å²) >= 11 is 0. The lowest BCUT2D eigenvalue weighted by Gasteiger charge is -2.19. The lowest BCUT2D eigenvalue weighted by atomic mass is 10.3. The van der Waals surface area contributed by atoms with E-state index in [1.807, 2.05) is 42.9 Å². The third kappa shape index (κ3) is 2.92. The Morgan fingerprint density at radius 1 is 1.22 bits per heavy atom. The molecule has 0 unspecified atom stereocenters. The molecule has 2 heterocycles. The van der Waals surface area contributed by atoms with Crippen LogP contribution < -0.4 is 0 Å². The number of rotatable bonds is 5. The van der Waals surface area contributed by atoms with E-state index in [1.54, 1.807) is 0 Å². The Bertz CT molecular complexity index is 491. The Balaban J connectivity index is 2.04. The Labute approximate surface area is 107 Å². The highest BCUT2D eigenvalue weighted by atomic mass is 15.3. The maximum Gasteiger partial charge on any atom is 0.146 e. The molecule has 18 heavy (non-hydrogen) atoms. The molecule has 0 aliphatic carbocycles. The van der Waals surface area contributed by atoms with Crippen LogP contribution in [0.15, 0.2) is 24.4 Å². The molecule has 0 atom stereocenters. The standard InChI is InChI=1S/C13H19N5/c1-4-18(9-12-7-5-6-8-14-12)10-13-16-15-11(2)17(13)3/h5-8H,4,9-10H2,1-3H3. The summed E-state index contributed by atoms with van der Waals surface area (Å²) in [4.78, 5) is 6.65. The smallest absolute Gasteiger partial charge is 0.146 e. The van der Waals surface area contributed by atoms with Crippen LogP contribution in [0.2, 0.25) is 0 Å². The van der Waals surface area contributed by atoms with Gasteiger partial charge in [0.2, 0.25) is 0 Å². The van der Waals surface area contributed by atoms with Crippen molar-refractivity contribution in [1.82, 2.24) is 24.6 Å². The van der Waals surface area contributed by atoms with Crippen molar-refractivity contribution in [3.05, 3.63) is 41.7 Å². The van der Waals surface area contributed by atoms with E-state index in [1.165, 1.54) is 0 Å². The summed E-state index contributed by atoms with van der Waals surface area (Å²) in [7, 11) is 2.00. The minimum atomic E-state index is 0.796. The second-order valence-electron chi connectivity index (χ2n) is 4.35. The molecule has 0 radical (unpaired) electrons. The highest BCUT2D eigenvalue weighted by molar-refractivity contribution is 5.03. The van der Waals surface area contributed by atoms with E-state index in [-0.39, 0.29) is 0 Å². The van der Waals surface area contributed by atoms with Crippen LogP contribution in [-0.4, -0.2) is 31.2 Å². The van der Waals surface area contributed by atoms with Crippen LogP contribution in [0.3, 0.4) is 0 Å². The molecule has 0 saturated carbocycles. The highest BCUT2D eigenvalue weighted by Gasteiger charge is 2.10. The summed E-state index contributed by atoms with van der Waals surface area (Å²) in [5, 5.41) is 8.28. The van der Waals surface area contributed by atoms with Crippen LogP contribution in [-0.2, 0) is 20.1 Å². The van der Waals surface area contributed by atoms with Crippen molar-refractivity contribution in [3.8, 4) is 0 Å². The molecule has 0 N–H and O–H groups in total. The third-order valence-corrected chi connectivity index (χ3v) is 3.11. The number of hydrogen-bond acceptors (Lipinski definition) is 4. The topological polar surface area (TPSA) is 46.8 Å². The molecule has 0 amide bonds. The van der Waals surface area contributed by atoms with E-state index in [4.69, 9.17) is 0 Å². The molecule has 0 aliphatic heterocycles. The number of aromatic nitrogens is 4. The zero-order valence-corrected chi connectivity index (χ0v) is 11.2. The first-order valence-electron chi connectivity index (χ1n) is 6.18. The minimum absolute atomic E-state index is 0.796. The van der Waals surface area contributed by atoms with Gasteiger partial charge in [0.25, 0.3) is 0 Å². The van der Waals surface area contributed by atoms with E-state index in [2.05, 4.69) is 27.0 Å². The Hall–Kier alpha value is -1.75. The van der Waals surface area contributed by atoms with Gasteiger partial charge in [-0.1, -0.05) is 13.0 Å². The molecule has 2 aromatic heterocycles. The Kier molecular flexibility index (Phi) is 4.04. The van der Waals surface area contributed by atoms with Crippen LogP contribution >= 0.6 is 0 Å². The second-order valence-corrected chi connectivity index (χ2v) is 4.35. The largest absolute Gasteiger partial charge is 0.317 e. The van der Waals surface area contributed by atoms with Crippen LogP contribution in [0.4, 0.5) is 0 Å². The van der Waals surface area contributed by atoms with Crippen LogP contribution in [0.5, 0.6) is 0 Å². The van der Waals surface area contributed by atoms with Gasteiger partial charge in [0, 0.05) is 19.8 Å². The Morgan fingerprint density at radius 2 is 2.06 bits per heavy atom. The van der Waals surface area contributed by atoms with Crippen molar-refractivity contribution in [3.63, 3.8) is 0 Å². The summed E-state index contributed by atoms with van der Waals surface area (Å²) in [6.45, 7) is 6.70. The first-order valence-corrected chi connectivity index (χ1v) is 6.18. The number of hydrogen-bond donors (Lipinski definition) is 0. The van der Waals surface area contributed by atoms with E-state index < -0.39 is 0 Å². The molecule has 0 fully saturated rings. The fourth-order valence-electron chi connectivity index (χ4n) is 1.79. The van der Waals surface area contributed by atoms with Crippen LogP contribution in [0.25, 0.3) is 0 Å². The van der Waals surface area contributed by atoms with E-state index in [0.29, 0.717) is 0 Å². The summed E-state index contributed by atoms with van der Waals surface area (Å²) < 4.78 is 2.03. The quantitative estimate of drug-likeness (QED) is 0.801. The average Bonchev–Trinajstić information content (AvgIpc) is 2.71. The number of nitrogens with zero attached hydrogens (tertiary/aromatic N) is 5. The predicted molar refractivity (Wildman–Crippen MR) is 69.8 cm³/mol. The molecule has 2 aromatic rings. The van der Waals surface area contributed by atoms with Crippen molar-refractivity contribution in [2.75, 3.05) is 6.54 Å². The van der Waals surface area contributed by atoms with E-state index in [0.717, 1.165) is 37.0 Å². The van der Waals surface area contributed by atoms with Gasteiger partial charge in [-0.05, 0) is 25.6 Å². The fraction of sp³-hybridized carbons (Fsp3) is 0.462. The molecule has 5 heteroatoms. The SMILES string of the molecule is CCN(Cc1ccccn1)Cc1nnc(C)n1C. The lowest BCUT2D eigenvalue weighted by molar-refractivity contribution is 0.258. The lowest BCUT2D eigenvalue weighted by Crippen LogP contribution is -2.24. The van der Waals surface area contributed by atoms with Crippen LogP contribution in [0.1, 0.15) is 24.3 Å². The van der Waals surface area contributed by atoms with Crippen molar-refractivity contribution in [1.29, 1.82) is 0 Å². The van der Waals surface area contributed by atoms with Gasteiger partial charge in [-0.15, -0.1) is 10.2 Å². The third-order valence-electron chi connectivity index (χ3n) is 3.11. The molecule has 2 rings (SSSR count). The zero-order valence-electron chi connectivity index (χ0n) is 11.2. The van der Waals surface area contributed by atoms with Gasteiger partial charge >= 0.3 is 0 Å². The molecule has 0 saturated heterocycles. The minimum Gasteiger partial charge on any atom is -0.317 e. The molecule has 0 spiro atoms. The molecule has 5 nitrogen and oxygen atoms in total. The normalized spacial score (nSPS) is 11.1. The predicted octanol–water partition coefficient (Wildman–Crippen LogP) is 1.54. The molecule has 0 aromatic carbocycles. The fourth-order valence-corrected chi connectivity index (χ4v) is 1.79. The summed E-state index contributed by atoms with van der Waals surface area (Å²) in [6.07, 6.45) is 1.83. The van der Waals surface area contributed by atoms with Gasteiger partial charge in [0.1, 0.15) is 11.6 Å². The first kappa shape index (κ1) is 12.7. The van der Waals surface area contributed by atoms with Crippen molar-refractivity contribution in [2.24, 2.45) is 7.05 Å².